The lowest BCUT2D eigenvalue weighted by Crippen LogP contribution is -2.15. The molecule has 2 heterocycles. The maximum atomic E-state index is 12.7. The van der Waals surface area contributed by atoms with E-state index >= 15 is 0 Å². The lowest BCUT2D eigenvalue weighted by molar-refractivity contribution is -0.113. The van der Waals surface area contributed by atoms with Gasteiger partial charge in [0.15, 0.2) is 5.16 Å². The lowest BCUT2D eigenvalue weighted by Gasteiger charge is -2.13. The second kappa shape index (κ2) is 8.37. The summed E-state index contributed by atoms with van der Waals surface area (Å²) in [6, 6.07) is 11.9. The molecule has 1 N–H and O–H groups in total. The van der Waals surface area contributed by atoms with Crippen molar-refractivity contribution < 1.29 is 14.3 Å². The van der Waals surface area contributed by atoms with Crippen molar-refractivity contribution >= 4 is 34.4 Å². The number of hydrogen-bond acceptors (Lipinski definition) is 5. The van der Waals surface area contributed by atoms with E-state index in [1.807, 2.05) is 44.2 Å². The van der Waals surface area contributed by atoms with Gasteiger partial charge in [0.2, 0.25) is 5.91 Å². The molecule has 0 saturated carbocycles. The fourth-order valence-corrected chi connectivity index (χ4v) is 4.48. The van der Waals surface area contributed by atoms with Crippen LogP contribution in [-0.2, 0) is 17.8 Å². The van der Waals surface area contributed by atoms with Crippen LogP contribution in [0.3, 0.4) is 0 Å². The zero-order valence-corrected chi connectivity index (χ0v) is 17.7. The summed E-state index contributed by atoms with van der Waals surface area (Å²) in [5.41, 5.74) is 3.79. The van der Waals surface area contributed by atoms with Crippen LogP contribution in [0.5, 0.6) is 11.5 Å². The number of benzene rings is 2. The number of carbonyl (C=O) groups is 1. The van der Waals surface area contributed by atoms with E-state index in [0.29, 0.717) is 18.0 Å². The number of ether oxygens (including phenoxy) is 2. The van der Waals surface area contributed by atoms with Crippen molar-refractivity contribution in [3.8, 4) is 11.5 Å². The van der Waals surface area contributed by atoms with E-state index < -0.39 is 0 Å². The summed E-state index contributed by atoms with van der Waals surface area (Å²) in [6.07, 6.45) is 0.996. The molecule has 1 aliphatic rings. The molecule has 1 aromatic heterocycles. The summed E-state index contributed by atoms with van der Waals surface area (Å²) in [5.74, 6) is 1.67. The van der Waals surface area contributed by atoms with Gasteiger partial charge in [0, 0.05) is 24.6 Å². The molecule has 3 aromatic rings. The average molecular weight is 412 g/mol. The molecular formula is C22H25N3O3S. The van der Waals surface area contributed by atoms with Crippen molar-refractivity contribution in [3.63, 3.8) is 0 Å². The monoisotopic (exact) mass is 411 g/mol. The molecule has 0 aliphatic carbocycles. The van der Waals surface area contributed by atoms with E-state index in [4.69, 9.17) is 9.47 Å². The minimum Gasteiger partial charge on any atom is -0.492 e. The number of imidazole rings is 1. The van der Waals surface area contributed by atoms with E-state index in [9.17, 15) is 4.79 Å². The van der Waals surface area contributed by atoms with Crippen LogP contribution in [-0.4, -0.2) is 33.9 Å². The maximum absolute atomic E-state index is 12.7. The van der Waals surface area contributed by atoms with Crippen LogP contribution in [0.2, 0.25) is 0 Å². The molecule has 152 valence electrons. The Bertz CT molecular complexity index is 1050. The van der Waals surface area contributed by atoms with Gasteiger partial charge in [0.25, 0.3) is 0 Å². The predicted octanol–water partition coefficient (Wildman–Crippen LogP) is 4.51. The number of rotatable bonds is 7. The number of nitrogens with zero attached hydrogens (tertiary/aromatic N) is 2. The largest absolute Gasteiger partial charge is 0.492 e. The highest BCUT2D eigenvalue weighted by molar-refractivity contribution is 7.99. The Morgan fingerprint density at radius 1 is 1.34 bits per heavy atom. The molecule has 1 unspecified atom stereocenters. The van der Waals surface area contributed by atoms with Gasteiger partial charge in [0.05, 0.1) is 29.1 Å². The van der Waals surface area contributed by atoms with Gasteiger partial charge >= 0.3 is 0 Å². The number of carbonyl (C=O) groups excluding carboxylic acids is 1. The average Bonchev–Trinajstić information content (AvgIpc) is 3.25. The van der Waals surface area contributed by atoms with Gasteiger partial charge in [-0.25, -0.2) is 4.98 Å². The zero-order chi connectivity index (χ0) is 20.4. The minimum absolute atomic E-state index is 0.100. The molecule has 1 atom stereocenters. The molecule has 7 heteroatoms. The van der Waals surface area contributed by atoms with Crippen LogP contribution in [0.25, 0.3) is 11.0 Å². The second-order valence-electron chi connectivity index (χ2n) is 6.99. The summed E-state index contributed by atoms with van der Waals surface area (Å²) in [4.78, 5) is 17.3. The highest BCUT2D eigenvalue weighted by Crippen LogP contribution is 2.38. The van der Waals surface area contributed by atoms with Gasteiger partial charge in [-0.15, -0.1) is 0 Å². The molecule has 0 spiro atoms. The third kappa shape index (κ3) is 4.05. The molecule has 4 rings (SSSR count). The highest BCUT2D eigenvalue weighted by Gasteiger charge is 2.23. The Morgan fingerprint density at radius 3 is 2.97 bits per heavy atom. The Labute approximate surface area is 174 Å². The first-order valence-corrected chi connectivity index (χ1v) is 10.9. The number of nitrogens with one attached hydrogen (secondary N) is 1. The molecule has 0 radical (unpaired) electrons. The van der Waals surface area contributed by atoms with Crippen LogP contribution in [0.4, 0.5) is 5.69 Å². The minimum atomic E-state index is -0.100. The Kier molecular flexibility index (Phi) is 5.67. The smallest absolute Gasteiger partial charge is 0.234 e. The van der Waals surface area contributed by atoms with Gasteiger partial charge in [-0.05, 0) is 39.0 Å². The van der Waals surface area contributed by atoms with Crippen molar-refractivity contribution in [1.82, 2.24) is 9.55 Å². The van der Waals surface area contributed by atoms with E-state index in [-0.39, 0.29) is 17.8 Å². The van der Waals surface area contributed by atoms with Crippen molar-refractivity contribution in [3.05, 3.63) is 42.0 Å². The van der Waals surface area contributed by atoms with E-state index in [1.54, 1.807) is 0 Å². The number of aromatic nitrogens is 2. The topological polar surface area (TPSA) is 65.4 Å². The molecule has 0 saturated heterocycles. The first-order valence-electron chi connectivity index (χ1n) is 9.93. The summed E-state index contributed by atoms with van der Waals surface area (Å²) in [7, 11) is 0. The Morgan fingerprint density at radius 2 is 2.17 bits per heavy atom. The number of aryl methyl sites for hydroxylation is 1. The van der Waals surface area contributed by atoms with Crippen molar-refractivity contribution in [1.29, 1.82) is 0 Å². The van der Waals surface area contributed by atoms with Gasteiger partial charge < -0.3 is 19.4 Å². The standard InChI is InChI=1S/C22H25N3O3S/c1-4-25-18-9-7-6-8-16(18)24-22(25)29-13-21(26)23-17-12-19-15(10-14(3)28-19)11-20(17)27-5-2/h6-9,11-12,14H,4-5,10,13H2,1-3H3,(H,23,26). The molecule has 0 fully saturated rings. The van der Waals surface area contributed by atoms with Crippen LogP contribution >= 0.6 is 11.8 Å². The zero-order valence-electron chi connectivity index (χ0n) is 16.9. The summed E-state index contributed by atoms with van der Waals surface area (Å²) < 4.78 is 13.7. The number of para-hydroxylation sites is 2. The normalized spacial score (nSPS) is 15.2. The van der Waals surface area contributed by atoms with Crippen LogP contribution < -0.4 is 14.8 Å². The third-order valence-corrected chi connectivity index (χ3v) is 5.82. The fourth-order valence-electron chi connectivity index (χ4n) is 3.60. The molecule has 1 amide bonds. The Balaban J connectivity index is 1.49. The van der Waals surface area contributed by atoms with E-state index in [2.05, 4.69) is 27.9 Å². The van der Waals surface area contributed by atoms with Crippen molar-refractivity contribution in [2.75, 3.05) is 17.7 Å². The number of anilines is 1. The summed E-state index contributed by atoms with van der Waals surface area (Å²) >= 11 is 1.44. The number of amides is 1. The fraction of sp³-hybridized carbons (Fsp3) is 0.364. The number of thioether (sulfide) groups is 1. The maximum Gasteiger partial charge on any atom is 0.234 e. The lowest BCUT2D eigenvalue weighted by atomic mass is 10.1. The second-order valence-corrected chi connectivity index (χ2v) is 7.93. The molecule has 6 nitrogen and oxygen atoms in total. The first kappa shape index (κ1) is 19.6. The van der Waals surface area contributed by atoms with Gasteiger partial charge in [-0.3, -0.25) is 4.79 Å². The predicted molar refractivity (Wildman–Crippen MR) is 116 cm³/mol. The van der Waals surface area contributed by atoms with E-state index in [1.165, 1.54) is 11.8 Å². The SMILES string of the molecule is CCOc1cc2c(cc1NC(=O)CSc1nc3ccccc3n1CC)OC(C)C2. The van der Waals surface area contributed by atoms with Gasteiger partial charge in [0.1, 0.15) is 17.6 Å². The summed E-state index contributed by atoms with van der Waals surface area (Å²) in [5, 5.41) is 3.83. The van der Waals surface area contributed by atoms with Crippen LogP contribution in [0.15, 0.2) is 41.6 Å². The first-order chi connectivity index (χ1) is 14.1. The quantitative estimate of drug-likeness (QED) is 0.580. The molecule has 0 bridgehead atoms. The highest BCUT2D eigenvalue weighted by atomic mass is 32.2. The number of fused-ring (bicyclic) bond motifs is 2. The van der Waals surface area contributed by atoms with Crippen LogP contribution in [0, 0.1) is 0 Å². The van der Waals surface area contributed by atoms with Gasteiger partial charge in [-0.2, -0.15) is 0 Å². The number of hydrogen-bond donors (Lipinski definition) is 1. The van der Waals surface area contributed by atoms with Crippen LogP contribution in [0.1, 0.15) is 26.3 Å². The summed E-state index contributed by atoms with van der Waals surface area (Å²) in [6.45, 7) is 7.39. The van der Waals surface area contributed by atoms with Crippen molar-refractivity contribution in [2.45, 2.75) is 45.0 Å². The third-order valence-electron chi connectivity index (χ3n) is 4.84. The Hall–Kier alpha value is -2.67. The molecule has 1 aliphatic heterocycles. The van der Waals surface area contributed by atoms with Crippen molar-refractivity contribution in [2.24, 2.45) is 0 Å². The van der Waals surface area contributed by atoms with Gasteiger partial charge in [-0.1, -0.05) is 23.9 Å². The molecule has 29 heavy (non-hydrogen) atoms. The molecule has 2 aromatic carbocycles. The van der Waals surface area contributed by atoms with E-state index in [0.717, 1.165) is 40.5 Å². The molecular weight excluding hydrogens is 386 g/mol.